The number of aryl methyl sites for hydroxylation is 1. The van der Waals surface area contributed by atoms with Crippen molar-refractivity contribution >= 4 is 11.6 Å². The van der Waals surface area contributed by atoms with Gasteiger partial charge in [-0.15, -0.1) is 0 Å². The molecule has 21 heavy (non-hydrogen) atoms. The minimum Gasteiger partial charge on any atom is -0.382 e. The summed E-state index contributed by atoms with van der Waals surface area (Å²) in [5, 5.41) is 7.73. The molecule has 0 aliphatic carbocycles. The van der Waals surface area contributed by atoms with Gasteiger partial charge in [-0.25, -0.2) is 0 Å². The Morgan fingerprint density at radius 3 is 2.62 bits per heavy atom. The SMILES string of the molecule is CC1=NO[C@@H](C(=O)N2CCN(Cc3noc(C)n3)CC2)C1. The molecular formula is C13H19N5O3. The van der Waals surface area contributed by atoms with Crippen LogP contribution in [-0.2, 0) is 16.2 Å². The number of carbonyl (C=O) groups excluding carboxylic acids is 1. The molecule has 114 valence electrons. The molecule has 1 atom stereocenters. The fraction of sp³-hybridized carbons (Fsp3) is 0.692. The van der Waals surface area contributed by atoms with Crippen molar-refractivity contribution in [1.29, 1.82) is 0 Å². The Bertz CT molecular complexity index is 548. The summed E-state index contributed by atoms with van der Waals surface area (Å²) in [5.74, 6) is 1.30. The predicted molar refractivity (Wildman–Crippen MR) is 73.5 cm³/mol. The molecule has 1 saturated heterocycles. The molecule has 0 unspecified atom stereocenters. The number of carbonyl (C=O) groups is 1. The maximum absolute atomic E-state index is 12.3. The molecule has 1 aromatic heterocycles. The molecule has 3 rings (SSSR count). The van der Waals surface area contributed by atoms with Gasteiger partial charge in [0.15, 0.2) is 5.82 Å². The third-order valence-electron chi connectivity index (χ3n) is 3.71. The van der Waals surface area contributed by atoms with Gasteiger partial charge in [0.2, 0.25) is 12.0 Å². The van der Waals surface area contributed by atoms with Crippen molar-refractivity contribution in [3.05, 3.63) is 11.7 Å². The van der Waals surface area contributed by atoms with Crippen molar-refractivity contribution in [1.82, 2.24) is 19.9 Å². The van der Waals surface area contributed by atoms with Gasteiger partial charge in [-0.3, -0.25) is 9.69 Å². The van der Waals surface area contributed by atoms with Crippen molar-refractivity contribution in [3.63, 3.8) is 0 Å². The molecule has 0 bridgehead atoms. The van der Waals surface area contributed by atoms with Crippen LogP contribution in [0.3, 0.4) is 0 Å². The fourth-order valence-electron chi connectivity index (χ4n) is 2.56. The number of rotatable bonds is 3. The smallest absolute Gasteiger partial charge is 0.266 e. The van der Waals surface area contributed by atoms with Crippen molar-refractivity contribution in [2.45, 2.75) is 32.9 Å². The molecule has 0 N–H and O–H groups in total. The highest BCUT2D eigenvalue weighted by Gasteiger charge is 2.32. The van der Waals surface area contributed by atoms with Crippen LogP contribution < -0.4 is 0 Å². The van der Waals surface area contributed by atoms with E-state index in [4.69, 9.17) is 9.36 Å². The average Bonchev–Trinajstić information content (AvgIpc) is 3.08. The highest BCUT2D eigenvalue weighted by atomic mass is 16.6. The van der Waals surface area contributed by atoms with Crippen molar-refractivity contribution in [2.24, 2.45) is 5.16 Å². The number of hydrogen-bond donors (Lipinski definition) is 0. The van der Waals surface area contributed by atoms with Crippen LogP contribution in [0.2, 0.25) is 0 Å². The maximum Gasteiger partial charge on any atom is 0.266 e. The molecule has 2 aliphatic heterocycles. The Morgan fingerprint density at radius 2 is 2.05 bits per heavy atom. The van der Waals surface area contributed by atoms with Gasteiger partial charge in [0.05, 0.1) is 12.3 Å². The lowest BCUT2D eigenvalue weighted by atomic mass is 10.1. The summed E-state index contributed by atoms with van der Waals surface area (Å²) in [6.45, 7) is 7.28. The first-order valence-electron chi connectivity index (χ1n) is 7.11. The van der Waals surface area contributed by atoms with Crippen LogP contribution in [0, 0.1) is 6.92 Å². The predicted octanol–water partition coefficient (Wildman–Crippen LogP) is 0.187. The van der Waals surface area contributed by atoms with Crippen molar-refractivity contribution < 1.29 is 14.2 Å². The molecule has 0 aromatic carbocycles. The summed E-state index contributed by atoms with van der Waals surface area (Å²) in [6.07, 6.45) is 0.165. The number of amides is 1. The van der Waals surface area contributed by atoms with Crippen LogP contribution in [0.15, 0.2) is 9.68 Å². The van der Waals surface area contributed by atoms with Gasteiger partial charge in [0.1, 0.15) is 0 Å². The van der Waals surface area contributed by atoms with Gasteiger partial charge in [-0.2, -0.15) is 4.98 Å². The molecule has 1 amide bonds. The summed E-state index contributed by atoms with van der Waals surface area (Å²) in [5.41, 5.74) is 0.875. The quantitative estimate of drug-likeness (QED) is 0.791. The topological polar surface area (TPSA) is 84.1 Å². The highest BCUT2D eigenvalue weighted by Crippen LogP contribution is 2.15. The van der Waals surface area contributed by atoms with Gasteiger partial charge in [0, 0.05) is 39.5 Å². The third kappa shape index (κ3) is 3.21. The van der Waals surface area contributed by atoms with Crippen LogP contribution in [0.5, 0.6) is 0 Å². The number of hydrogen-bond acceptors (Lipinski definition) is 7. The first kappa shape index (κ1) is 14.0. The van der Waals surface area contributed by atoms with Crippen molar-refractivity contribution in [3.8, 4) is 0 Å². The van der Waals surface area contributed by atoms with Gasteiger partial charge >= 0.3 is 0 Å². The fourth-order valence-corrected chi connectivity index (χ4v) is 2.56. The van der Waals surface area contributed by atoms with E-state index in [0.29, 0.717) is 37.8 Å². The monoisotopic (exact) mass is 293 g/mol. The minimum absolute atomic E-state index is 0.0330. The Labute approximate surface area is 122 Å². The Kier molecular flexibility index (Phi) is 3.87. The lowest BCUT2D eigenvalue weighted by Gasteiger charge is -2.34. The second-order valence-corrected chi connectivity index (χ2v) is 5.46. The lowest BCUT2D eigenvalue weighted by molar-refractivity contribution is -0.143. The second kappa shape index (κ2) is 5.80. The van der Waals surface area contributed by atoms with Crippen LogP contribution in [-0.4, -0.2) is 63.8 Å². The van der Waals surface area contributed by atoms with E-state index in [2.05, 4.69) is 20.2 Å². The summed E-state index contributed by atoms with van der Waals surface area (Å²) < 4.78 is 4.96. The number of aromatic nitrogens is 2. The Hall–Kier alpha value is -1.96. The van der Waals surface area contributed by atoms with Crippen LogP contribution in [0.1, 0.15) is 25.1 Å². The zero-order valence-electron chi connectivity index (χ0n) is 12.3. The minimum atomic E-state index is -0.434. The molecule has 8 nitrogen and oxygen atoms in total. The zero-order chi connectivity index (χ0) is 14.8. The summed E-state index contributed by atoms with van der Waals surface area (Å²) in [4.78, 5) is 25.7. The molecule has 0 spiro atoms. The normalized spacial score (nSPS) is 23.0. The van der Waals surface area contributed by atoms with E-state index in [1.54, 1.807) is 6.92 Å². The third-order valence-corrected chi connectivity index (χ3v) is 3.71. The number of nitrogens with zero attached hydrogens (tertiary/aromatic N) is 5. The van der Waals surface area contributed by atoms with E-state index < -0.39 is 6.10 Å². The summed E-state index contributed by atoms with van der Waals surface area (Å²) in [6, 6.07) is 0. The van der Waals surface area contributed by atoms with E-state index in [1.165, 1.54) is 0 Å². The van der Waals surface area contributed by atoms with E-state index in [1.807, 2.05) is 11.8 Å². The Balaban J connectivity index is 1.47. The summed E-state index contributed by atoms with van der Waals surface area (Å²) >= 11 is 0. The molecule has 1 aromatic rings. The van der Waals surface area contributed by atoms with Crippen molar-refractivity contribution in [2.75, 3.05) is 26.2 Å². The molecule has 0 radical (unpaired) electrons. The molecule has 3 heterocycles. The molecule has 0 saturated carbocycles. The highest BCUT2D eigenvalue weighted by molar-refractivity contribution is 5.91. The van der Waals surface area contributed by atoms with E-state index in [-0.39, 0.29) is 5.91 Å². The number of oxime groups is 1. The Morgan fingerprint density at radius 1 is 1.29 bits per heavy atom. The maximum atomic E-state index is 12.3. The first-order chi connectivity index (χ1) is 10.1. The second-order valence-electron chi connectivity index (χ2n) is 5.46. The average molecular weight is 293 g/mol. The summed E-state index contributed by atoms with van der Waals surface area (Å²) in [7, 11) is 0. The molecule has 8 heteroatoms. The standard InChI is InChI=1S/C13H19N5O3/c1-9-7-11(21-15-9)13(19)18-5-3-17(4-6-18)8-12-14-10(2)20-16-12/h11H,3-8H2,1-2H3/t11-/m1/s1. The van der Waals surface area contributed by atoms with Crippen LogP contribution in [0.4, 0.5) is 0 Å². The van der Waals surface area contributed by atoms with Gasteiger partial charge in [-0.05, 0) is 6.92 Å². The zero-order valence-corrected chi connectivity index (χ0v) is 12.3. The van der Waals surface area contributed by atoms with E-state index in [9.17, 15) is 4.79 Å². The number of piperazine rings is 1. The van der Waals surface area contributed by atoms with Gasteiger partial charge in [0.25, 0.3) is 5.91 Å². The first-order valence-corrected chi connectivity index (χ1v) is 7.11. The molecular weight excluding hydrogens is 274 g/mol. The lowest BCUT2D eigenvalue weighted by Crippen LogP contribution is -2.51. The van der Waals surface area contributed by atoms with Crippen LogP contribution in [0.25, 0.3) is 0 Å². The van der Waals surface area contributed by atoms with Crippen LogP contribution >= 0.6 is 0 Å². The molecule has 2 aliphatic rings. The van der Waals surface area contributed by atoms with Gasteiger partial charge < -0.3 is 14.3 Å². The van der Waals surface area contributed by atoms with E-state index in [0.717, 1.165) is 18.8 Å². The van der Waals surface area contributed by atoms with E-state index >= 15 is 0 Å². The molecule has 1 fully saturated rings. The largest absolute Gasteiger partial charge is 0.382 e. The van der Waals surface area contributed by atoms with Gasteiger partial charge in [-0.1, -0.05) is 10.3 Å².